The molecule has 4 N–H and O–H groups in total. The number of carbonyl (C=O) groups is 2. The summed E-state index contributed by atoms with van der Waals surface area (Å²) in [7, 11) is 0. The number of benzene rings is 2. The number of nitrogens with one attached hydrogen (secondary N) is 4. The molecule has 2 amide bonds. The highest BCUT2D eigenvalue weighted by Gasteiger charge is 2.36. The number of hydrogen-bond acceptors (Lipinski definition) is 3. The number of amides is 2. The van der Waals surface area contributed by atoms with Crippen molar-refractivity contribution >= 4 is 23.3 Å². The molecule has 0 saturated heterocycles. The molecule has 0 aromatic heterocycles. The minimum absolute atomic E-state index is 0.130. The Labute approximate surface area is 196 Å². The van der Waals surface area contributed by atoms with Gasteiger partial charge >= 0.3 is 6.03 Å². The van der Waals surface area contributed by atoms with E-state index in [4.69, 9.17) is 5.41 Å². The summed E-state index contributed by atoms with van der Waals surface area (Å²) in [6, 6.07) is 15.4. The predicted octanol–water partition coefficient (Wildman–Crippen LogP) is 5.13. The maximum Gasteiger partial charge on any atom is 0.319 e. The van der Waals surface area contributed by atoms with Gasteiger partial charge in [0.2, 0.25) is 0 Å². The molecular formula is C27H34N4O2. The Balaban J connectivity index is 1.54. The van der Waals surface area contributed by atoms with E-state index in [0.29, 0.717) is 37.6 Å². The third kappa shape index (κ3) is 7.04. The lowest BCUT2D eigenvalue weighted by Gasteiger charge is -2.30. The number of aryl methyl sites for hydroxylation is 1. The first-order chi connectivity index (χ1) is 15.6. The molecule has 33 heavy (non-hydrogen) atoms. The van der Waals surface area contributed by atoms with Crippen LogP contribution in [0.25, 0.3) is 0 Å². The van der Waals surface area contributed by atoms with E-state index in [-0.39, 0.29) is 11.8 Å². The normalized spacial score (nSPS) is 18.4. The van der Waals surface area contributed by atoms with Crippen molar-refractivity contribution < 1.29 is 9.59 Å². The van der Waals surface area contributed by atoms with Gasteiger partial charge in [0.05, 0.1) is 5.54 Å². The van der Waals surface area contributed by atoms with Crippen molar-refractivity contribution in [3.05, 3.63) is 76.9 Å². The fourth-order valence-electron chi connectivity index (χ4n) is 4.19. The zero-order valence-electron chi connectivity index (χ0n) is 19.9. The van der Waals surface area contributed by atoms with Crippen LogP contribution in [-0.4, -0.2) is 23.2 Å². The molecule has 1 atom stereocenters. The molecule has 1 unspecified atom stereocenters. The van der Waals surface area contributed by atoms with Crippen LogP contribution in [0.15, 0.2) is 60.2 Å². The van der Waals surface area contributed by atoms with Crippen LogP contribution in [-0.2, 0) is 17.8 Å². The Bertz CT molecular complexity index is 1040. The van der Waals surface area contributed by atoms with Gasteiger partial charge in [-0.3, -0.25) is 10.2 Å². The number of amidine groups is 1. The molecule has 2 aromatic carbocycles. The molecule has 6 heteroatoms. The summed E-state index contributed by atoms with van der Waals surface area (Å²) in [5.74, 6) is 0.783. The molecule has 6 nitrogen and oxygen atoms in total. The molecule has 3 rings (SSSR count). The molecule has 174 valence electrons. The number of ketones is 1. The number of carbonyl (C=O) groups excluding carboxylic acids is 2. The number of rotatable bonds is 7. The number of hydrogen-bond donors (Lipinski definition) is 4. The molecule has 0 radical (unpaired) electrons. The number of Topliss-reactive ketones (excluding diaryl/α,β-unsaturated/α-hetero) is 1. The molecular weight excluding hydrogens is 412 g/mol. The fraction of sp³-hybridized carbons (Fsp3) is 0.370. The number of anilines is 1. The highest BCUT2D eigenvalue weighted by Crippen LogP contribution is 2.25. The van der Waals surface area contributed by atoms with Crippen LogP contribution < -0.4 is 16.0 Å². The first-order valence-electron chi connectivity index (χ1n) is 11.4. The van der Waals surface area contributed by atoms with Crippen LogP contribution in [0.3, 0.4) is 0 Å². The Morgan fingerprint density at radius 2 is 1.73 bits per heavy atom. The van der Waals surface area contributed by atoms with Gasteiger partial charge in [0.15, 0.2) is 5.78 Å². The first-order valence-corrected chi connectivity index (χ1v) is 11.4. The predicted molar refractivity (Wildman–Crippen MR) is 134 cm³/mol. The topological polar surface area (TPSA) is 94.1 Å². The highest BCUT2D eigenvalue weighted by atomic mass is 16.2. The zero-order valence-corrected chi connectivity index (χ0v) is 19.9. The van der Waals surface area contributed by atoms with E-state index in [1.54, 1.807) is 6.08 Å². The third-order valence-electron chi connectivity index (χ3n) is 5.80. The standard InChI is InChI=1S/C27H34N4O2/c1-18(2)16-27(4)24(32)14-22(15-25(28)31-27)13-20-7-9-21(10-8-20)17-29-26(33)30-23-11-5-19(3)6-12-23/h5-12,15,18H,13-14,16-17H2,1-4H3,(H2,28,31)(H2,29,30,33). The average molecular weight is 447 g/mol. The monoisotopic (exact) mass is 446 g/mol. The summed E-state index contributed by atoms with van der Waals surface area (Å²) < 4.78 is 0. The van der Waals surface area contributed by atoms with Gasteiger partial charge in [0.25, 0.3) is 0 Å². The Morgan fingerprint density at radius 1 is 1.09 bits per heavy atom. The molecule has 1 heterocycles. The second-order valence-electron chi connectivity index (χ2n) is 9.54. The molecule has 1 aliphatic heterocycles. The summed E-state index contributed by atoms with van der Waals surface area (Å²) in [6.07, 6.45) is 3.46. The van der Waals surface area contributed by atoms with E-state index in [9.17, 15) is 9.59 Å². The van der Waals surface area contributed by atoms with Crippen LogP contribution in [0.1, 0.15) is 50.3 Å². The average Bonchev–Trinajstić information content (AvgIpc) is 2.83. The summed E-state index contributed by atoms with van der Waals surface area (Å²) in [4.78, 5) is 25.0. The van der Waals surface area contributed by atoms with Crippen molar-refractivity contribution in [2.45, 2.75) is 59.0 Å². The van der Waals surface area contributed by atoms with E-state index in [1.807, 2.05) is 62.4 Å². The number of allylic oxidation sites excluding steroid dienone is 1. The van der Waals surface area contributed by atoms with Crippen molar-refractivity contribution in [3.63, 3.8) is 0 Å². The lowest BCUT2D eigenvalue weighted by molar-refractivity contribution is -0.124. The van der Waals surface area contributed by atoms with Crippen molar-refractivity contribution in [2.24, 2.45) is 5.92 Å². The second kappa shape index (κ2) is 10.5. The van der Waals surface area contributed by atoms with E-state index >= 15 is 0 Å². The Morgan fingerprint density at radius 3 is 2.36 bits per heavy atom. The van der Waals surface area contributed by atoms with E-state index < -0.39 is 5.54 Å². The van der Waals surface area contributed by atoms with Gasteiger partial charge in [-0.25, -0.2) is 4.79 Å². The van der Waals surface area contributed by atoms with Gasteiger partial charge < -0.3 is 16.0 Å². The summed E-state index contributed by atoms with van der Waals surface area (Å²) >= 11 is 0. The molecule has 0 saturated carbocycles. The van der Waals surface area contributed by atoms with E-state index in [2.05, 4.69) is 29.8 Å². The molecule has 0 spiro atoms. The maximum absolute atomic E-state index is 12.9. The summed E-state index contributed by atoms with van der Waals surface area (Å²) in [5, 5.41) is 17.1. The van der Waals surface area contributed by atoms with Crippen LogP contribution in [0, 0.1) is 18.3 Å². The largest absolute Gasteiger partial charge is 0.358 e. The Hall–Kier alpha value is -3.41. The van der Waals surface area contributed by atoms with Crippen molar-refractivity contribution in [1.82, 2.24) is 10.6 Å². The van der Waals surface area contributed by atoms with Crippen molar-refractivity contribution in [1.29, 1.82) is 5.41 Å². The highest BCUT2D eigenvalue weighted by molar-refractivity contribution is 6.01. The molecule has 0 fully saturated rings. The van der Waals surface area contributed by atoms with Crippen LogP contribution in [0.4, 0.5) is 10.5 Å². The van der Waals surface area contributed by atoms with Gasteiger partial charge in [-0.15, -0.1) is 0 Å². The smallest absolute Gasteiger partial charge is 0.319 e. The van der Waals surface area contributed by atoms with Crippen molar-refractivity contribution in [2.75, 3.05) is 5.32 Å². The first kappa shape index (κ1) is 24.2. The zero-order chi connectivity index (χ0) is 24.0. The third-order valence-corrected chi connectivity index (χ3v) is 5.80. The molecule has 0 bridgehead atoms. The van der Waals surface area contributed by atoms with Gasteiger partial charge in [-0.2, -0.15) is 0 Å². The molecule has 1 aliphatic rings. The fourth-order valence-corrected chi connectivity index (χ4v) is 4.19. The van der Waals surface area contributed by atoms with Crippen LogP contribution in [0.2, 0.25) is 0 Å². The van der Waals surface area contributed by atoms with Crippen LogP contribution in [0.5, 0.6) is 0 Å². The summed E-state index contributed by atoms with van der Waals surface area (Å²) in [5.41, 5.74) is 4.20. The second-order valence-corrected chi connectivity index (χ2v) is 9.54. The van der Waals surface area contributed by atoms with E-state index in [1.165, 1.54) is 0 Å². The van der Waals surface area contributed by atoms with Gasteiger partial charge in [-0.1, -0.05) is 61.4 Å². The van der Waals surface area contributed by atoms with E-state index in [0.717, 1.165) is 28.0 Å². The van der Waals surface area contributed by atoms with Crippen LogP contribution >= 0.6 is 0 Å². The quantitative estimate of drug-likeness (QED) is 0.475. The van der Waals surface area contributed by atoms with Crippen molar-refractivity contribution in [3.8, 4) is 0 Å². The molecule has 0 aliphatic carbocycles. The van der Waals surface area contributed by atoms with Gasteiger partial charge in [0, 0.05) is 18.7 Å². The molecule has 2 aromatic rings. The van der Waals surface area contributed by atoms with Gasteiger partial charge in [-0.05, 0) is 61.9 Å². The minimum Gasteiger partial charge on any atom is -0.358 e. The maximum atomic E-state index is 12.9. The lowest BCUT2D eigenvalue weighted by atomic mass is 9.84. The summed E-state index contributed by atoms with van der Waals surface area (Å²) in [6.45, 7) is 8.50. The minimum atomic E-state index is -0.696. The van der Waals surface area contributed by atoms with Gasteiger partial charge in [0.1, 0.15) is 5.84 Å². The SMILES string of the molecule is Cc1ccc(NC(=O)NCc2ccc(CC3=CC(=N)NC(C)(CC(C)C)C(=O)C3)cc2)cc1. The Kier molecular flexibility index (Phi) is 7.69. The lowest BCUT2D eigenvalue weighted by Crippen LogP contribution is -2.51. The number of urea groups is 1.